The van der Waals surface area contributed by atoms with Crippen LogP contribution in [0.15, 0.2) is 64.3 Å². The van der Waals surface area contributed by atoms with Gasteiger partial charge in [0.1, 0.15) is 0 Å². The van der Waals surface area contributed by atoms with Gasteiger partial charge < -0.3 is 19.2 Å². The Morgan fingerprint density at radius 2 is 1.76 bits per heavy atom. The zero-order valence-electron chi connectivity index (χ0n) is 18.6. The molecule has 0 saturated carbocycles. The molecular weight excluding hydrogens is 426 g/mol. The summed E-state index contributed by atoms with van der Waals surface area (Å²) in [5.41, 5.74) is 5.66. The van der Waals surface area contributed by atoms with Crippen molar-refractivity contribution >= 4 is 29.2 Å². The summed E-state index contributed by atoms with van der Waals surface area (Å²) in [4.78, 5) is 36.4. The van der Waals surface area contributed by atoms with E-state index in [1.807, 2.05) is 26.0 Å². The number of carbonyl (C=O) groups is 3. The number of hydrazone groups is 1. The highest BCUT2D eigenvalue weighted by Crippen LogP contribution is 2.29. The molecule has 2 N–H and O–H groups in total. The molecule has 33 heavy (non-hydrogen) atoms. The maximum absolute atomic E-state index is 12.2. The van der Waals surface area contributed by atoms with E-state index in [9.17, 15) is 14.4 Å². The maximum atomic E-state index is 12.2. The second-order valence-corrected chi connectivity index (χ2v) is 7.14. The van der Waals surface area contributed by atoms with Gasteiger partial charge in [0, 0.05) is 11.3 Å². The quantitative estimate of drug-likeness (QED) is 0.195. The highest BCUT2D eigenvalue weighted by Gasteiger charge is 2.17. The lowest BCUT2D eigenvalue weighted by atomic mass is 10.1. The highest BCUT2D eigenvalue weighted by molar-refractivity contribution is 6.39. The van der Waals surface area contributed by atoms with E-state index in [-0.39, 0.29) is 17.3 Å². The lowest BCUT2D eigenvalue weighted by molar-refractivity contribution is -0.136. The van der Waals surface area contributed by atoms with Crippen LogP contribution in [0.3, 0.4) is 0 Å². The molecule has 0 bridgehead atoms. The molecule has 1 heterocycles. The number of benzene rings is 2. The minimum atomic E-state index is -0.912. The Bertz CT molecular complexity index is 1210. The van der Waals surface area contributed by atoms with Crippen LogP contribution in [0.4, 0.5) is 5.69 Å². The smallest absolute Gasteiger partial charge is 0.379 e. The van der Waals surface area contributed by atoms with Gasteiger partial charge in [-0.15, -0.1) is 0 Å². The van der Waals surface area contributed by atoms with Gasteiger partial charge in [0.05, 0.1) is 19.1 Å². The fourth-order valence-electron chi connectivity index (χ4n) is 2.90. The van der Waals surface area contributed by atoms with Crippen LogP contribution in [0.5, 0.6) is 11.5 Å². The molecule has 2 amide bonds. The first kappa shape index (κ1) is 23.3. The highest BCUT2D eigenvalue weighted by atomic mass is 16.6. The Morgan fingerprint density at radius 3 is 2.42 bits per heavy atom. The number of carbonyl (C=O) groups excluding carboxylic acids is 3. The number of hydrogen-bond donors (Lipinski definition) is 2. The van der Waals surface area contributed by atoms with Crippen LogP contribution in [-0.4, -0.2) is 30.6 Å². The maximum Gasteiger partial charge on any atom is 0.379 e. The van der Waals surface area contributed by atoms with Crippen molar-refractivity contribution in [2.24, 2.45) is 5.10 Å². The van der Waals surface area contributed by atoms with Gasteiger partial charge in [-0.2, -0.15) is 5.10 Å². The van der Waals surface area contributed by atoms with Crippen molar-refractivity contribution in [3.8, 4) is 11.5 Å². The summed E-state index contributed by atoms with van der Waals surface area (Å²) in [5, 5.41) is 6.54. The number of nitrogens with one attached hydrogen (secondary N) is 2. The number of anilines is 1. The molecule has 0 radical (unpaired) electrons. The predicted molar refractivity (Wildman–Crippen MR) is 122 cm³/mol. The number of hydrogen-bond acceptors (Lipinski definition) is 7. The van der Waals surface area contributed by atoms with Crippen molar-refractivity contribution in [3.05, 3.63) is 77.2 Å². The largest absolute Gasteiger partial charge is 0.493 e. The van der Waals surface area contributed by atoms with Crippen LogP contribution in [-0.2, 0) is 9.59 Å². The topological polar surface area (TPSA) is 119 Å². The van der Waals surface area contributed by atoms with Gasteiger partial charge in [-0.1, -0.05) is 17.7 Å². The van der Waals surface area contributed by atoms with Crippen molar-refractivity contribution in [1.82, 2.24) is 5.43 Å². The Labute approximate surface area is 190 Å². The fraction of sp³-hybridized carbons (Fsp3) is 0.167. The Kier molecular flexibility index (Phi) is 7.24. The normalized spacial score (nSPS) is 11.0. The number of aryl methyl sites for hydroxylation is 2. The van der Waals surface area contributed by atoms with Crippen LogP contribution in [0.25, 0.3) is 0 Å². The number of amides is 2. The van der Waals surface area contributed by atoms with Crippen molar-refractivity contribution < 1.29 is 28.3 Å². The van der Waals surface area contributed by atoms with Gasteiger partial charge in [0.15, 0.2) is 11.5 Å². The summed E-state index contributed by atoms with van der Waals surface area (Å²) in [6.45, 7) is 5.42. The molecule has 0 aliphatic carbocycles. The molecule has 3 aromatic rings. The van der Waals surface area contributed by atoms with E-state index < -0.39 is 17.8 Å². The molecule has 3 rings (SSSR count). The summed E-state index contributed by atoms with van der Waals surface area (Å²) in [6.07, 6.45) is 1.37. The average molecular weight is 449 g/mol. The predicted octanol–water partition coefficient (Wildman–Crippen LogP) is 3.60. The Hall–Kier alpha value is -4.40. The van der Waals surface area contributed by atoms with Gasteiger partial charge in [-0.3, -0.25) is 9.59 Å². The fourth-order valence-corrected chi connectivity index (χ4v) is 2.90. The van der Waals surface area contributed by atoms with Crippen LogP contribution < -0.4 is 20.2 Å². The standard InChI is InChI=1S/C24H23N3O6/c1-14-7-9-18(15(2)12-14)25-22(28)23(29)27-26-16(3)17-8-10-19(21(13-17)31-4)33-24(30)20-6-5-11-32-20/h5-13H,1-4H3,(H,25,28)(H,27,29). The molecular formula is C24H23N3O6. The van der Waals surface area contributed by atoms with E-state index in [0.29, 0.717) is 17.0 Å². The number of furan rings is 1. The summed E-state index contributed by atoms with van der Waals surface area (Å²) >= 11 is 0. The number of nitrogens with zero attached hydrogens (tertiary/aromatic N) is 1. The first-order valence-corrected chi connectivity index (χ1v) is 9.95. The van der Waals surface area contributed by atoms with E-state index in [2.05, 4.69) is 15.8 Å². The molecule has 0 aliphatic heterocycles. The van der Waals surface area contributed by atoms with Crippen LogP contribution in [0.2, 0.25) is 0 Å². The third-order valence-corrected chi connectivity index (χ3v) is 4.67. The second-order valence-electron chi connectivity index (χ2n) is 7.14. The van der Waals surface area contributed by atoms with Gasteiger partial charge in [0.25, 0.3) is 0 Å². The minimum absolute atomic E-state index is 0.0562. The average Bonchev–Trinajstić information content (AvgIpc) is 3.34. The Morgan fingerprint density at radius 1 is 0.970 bits per heavy atom. The third-order valence-electron chi connectivity index (χ3n) is 4.67. The van der Waals surface area contributed by atoms with Gasteiger partial charge in [0.2, 0.25) is 5.76 Å². The molecule has 2 aromatic carbocycles. The van der Waals surface area contributed by atoms with E-state index >= 15 is 0 Å². The van der Waals surface area contributed by atoms with E-state index in [1.54, 1.807) is 31.2 Å². The van der Waals surface area contributed by atoms with Gasteiger partial charge >= 0.3 is 17.8 Å². The lowest BCUT2D eigenvalue weighted by Gasteiger charge is -2.11. The Balaban J connectivity index is 1.66. The van der Waals surface area contributed by atoms with Crippen molar-refractivity contribution in [2.45, 2.75) is 20.8 Å². The number of rotatable bonds is 6. The number of methoxy groups -OCH3 is 1. The van der Waals surface area contributed by atoms with Crippen molar-refractivity contribution in [2.75, 3.05) is 12.4 Å². The summed E-state index contributed by atoms with van der Waals surface area (Å²) in [5.74, 6) is -1.89. The summed E-state index contributed by atoms with van der Waals surface area (Å²) in [7, 11) is 1.43. The van der Waals surface area contributed by atoms with Crippen molar-refractivity contribution in [1.29, 1.82) is 0 Å². The lowest BCUT2D eigenvalue weighted by Crippen LogP contribution is -2.33. The van der Waals surface area contributed by atoms with Gasteiger partial charge in [-0.25, -0.2) is 10.2 Å². The SMILES string of the molecule is COc1cc(C(C)=NNC(=O)C(=O)Nc2ccc(C)cc2C)ccc1OC(=O)c1ccco1. The molecule has 0 spiro atoms. The molecule has 170 valence electrons. The third kappa shape index (κ3) is 5.85. The number of ether oxygens (including phenoxy) is 2. The zero-order valence-corrected chi connectivity index (χ0v) is 18.6. The second kappa shape index (κ2) is 10.3. The molecule has 0 saturated heterocycles. The summed E-state index contributed by atoms with van der Waals surface area (Å²) < 4.78 is 15.6. The van der Waals surface area contributed by atoms with Crippen LogP contribution in [0.1, 0.15) is 34.2 Å². The molecule has 1 aromatic heterocycles. The zero-order chi connectivity index (χ0) is 24.0. The number of esters is 1. The molecule has 0 aliphatic rings. The van der Waals surface area contributed by atoms with E-state index in [1.165, 1.54) is 25.5 Å². The van der Waals surface area contributed by atoms with Crippen molar-refractivity contribution in [3.63, 3.8) is 0 Å². The first-order chi connectivity index (χ1) is 15.8. The molecule has 0 atom stereocenters. The van der Waals surface area contributed by atoms with E-state index in [0.717, 1.165) is 11.1 Å². The molecule has 9 nitrogen and oxygen atoms in total. The van der Waals surface area contributed by atoms with Gasteiger partial charge in [-0.05, 0) is 62.7 Å². The van der Waals surface area contributed by atoms with Crippen LogP contribution in [0, 0.1) is 13.8 Å². The minimum Gasteiger partial charge on any atom is -0.493 e. The molecule has 0 unspecified atom stereocenters. The van der Waals surface area contributed by atoms with E-state index in [4.69, 9.17) is 13.9 Å². The molecule has 0 fully saturated rings. The summed E-state index contributed by atoms with van der Waals surface area (Å²) in [6, 6.07) is 13.3. The first-order valence-electron chi connectivity index (χ1n) is 9.95. The monoisotopic (exact) mass is 449 g/mol. The van der Waals surface area contributed by atoms with Crippen LogP contribution >= 0.6 is 0 Å². The molecule has 9 heteroatoms.